The third-order valence-electron chi connectivity index (χ3n) is 2.53. The van der Waals surface area contributed by atoms with E-state index in [9.17, 15) is 0 Å². The molecule has 0 spiro atoms. The Kier molecular flexibility index (Phi) is 2.87. The lowest BCUT2D eigenvalue weighted by Crippen LogP contribution is -2.22. The summed E-state index contributed by atoms with van der Waals surface area (Å²) in [5.74, 6) is 0. The fraction of sp³-hybridized carbons (Fsp3) is 0.308. The Labute approximate surface area is 106 Å². The van der Waals surface area contributed by atoms with Gasteiger partial charge in [-0.3, -0.25) is 4.68 Å². The van der Waals surface area contributed by atoms with Crippen molar-refractivity contribution in [3.63, 3.8) is 0 Å². The summed E-state index contributed by atoms with van der Waals surface area (Å²) < 4.78 is 1.87. The third-order valence-corrected chi connectivity index (χ3v) is 2.76. The Morgan fingerprint density at radius 2 is 2.00 bits per heavy atom. The molecule has 1 aromatic heterocycles. The third kappa shape index (κ3) is 2.44. The molecule has 90 valence electrons. The summed E-state index contributed by atoms with van der Waals surface area (Å²) in [6.07, 6.45) is 1.86. The van der Waals surface area contributed by atoms with E-state index in [4.69, 9.17) is 17.3 Å². The Balaban J connectivity index is 2.50. The Bertz CT molecular complexity index is 538. The van der Waals surface area contributed by atoms with Crippen molar-refractivity contribution in [2.24, 2.45) is 0 Å². The van der Waals surface area contributed by atoms with Crippen LogP contribution in [0.1, 0.15) is 20.8 Å². The maximum Gasteiger partial charge on any atom is 0.115 e. The first-order chi connectivity index (χ1) is 7.88. The summed E-state index contributed by atoms with van der Waals surface area (Å²) in [7, 11) is 0. The van der Waals surface area contributed by atoms with Gasteiger partial charge >= 0.3 is 0 Å². The van der Waals surface area contributed by atoms with Crippen LogP contribution >= 0.6 is 11.6 Å². The predicted molar refractivity (Wildman–Crippen MR) is 72.1 cm³/mol. The minimum Gasteiger partial charge on any atom is -0.396 e. The molecule has 0 amide bonds. The van der Waals surface area contributed by atoms with Crippen molar-refractivity contribution in [3.05, 3.63) is 35.5 Å². The fourth-order valence-corrected chi connectivity index (χ4v) is 1.78. The molecule has 1 heterocycles. The Morgan fingerprint density at radius 1 is 1.29 bits per heavy atom. The number of aromatic nitrogens is 2. The average Bonchev–Trinajstić information content (AvgIpc) is 2.60. The van der Waals surface area contributed by atoms with Crippen LogP contribution in [0.3, 0.4) is 0 Å². The Hall–Kier alpha value is -1.48. The van der Waals surface area contributed by atoms with Gasteiger partial charge in [-0.05, 0) is 32.9 Å². The number of halogens is 1. The zero-order chi connectivity index (χ0) is 12.6. The zero-order valence-electron chi connectivity index (χ0n) is 10.2. The summed E-state index contributed by atoms with van der Waals surface area (Å²) in [4.78, 5) is 0. The summed E-state index contributed by atoms with van der Waals surface area (Å²) >= 11 is 5.97. The van der Waals surface area contributed by atoms with Crippen molar-refractivity contribution in [1.82, 2.24) is 9.78 Å². The van der Waals surface area contributed by atoms with Gasteiger partial charge < -0.3 is 5.73 Å². The maximum atomic E-state index is 5.99. The number of benzene rings is 1. The van der Waals surface area contributed by atoms with Crippen LogP contribution in [0.25, 0.3) is 11.3 Å². The molecule has 0 aliphatic rings. The SMILES string of the molecule is CC(C)(C)n1cc(N)c(-c2cccc(Cl)c2)n1. The second-order valence-electron chi connectivity index (χ2n) is 5.06. The van der Waals surface area contributed by atoms with E-state index in [0.717, 1.165) is 11.3 Å². The van der Waals surface area contributed by atoms with E-state index < -0.39 is 0 Å². The van der Waals surface area contributed by atoms with Crippen molar-refractivity contribution in [2.45, 2.75) is 26.3 Å². The lowest BCUT2D eigenvalue weighted by molar-refractivity contribution is 0.356. The van der Waals surface area contributed by atoms with Gasteiger partial charge in [0.1, 0.15) is 5.69 Å². The Morgan fingerprint density at radius 3 is 2.53 bits per heavy atom. The summed E-state index contributed by atoms with van der Waals surface area (Å²) in [5.41, 5.74) is 8.31. The predicted octanol–water partition coefficient (Wildman–Crippen LogP) is 3.54. The van der Waals surface area contributed by atoms with Gasteiger partial charge in [-0.25, -0.2) is 0 Å². The van der Waals surface area contributed by atoms with Crippen LogP contribution in [-0.2, 0) is 5.54 Å². The number of nitrogens with two attached hydrogens (primary N) is 1. The number of nitrogens with zero attached hydrogens (tertiary/aromatic N) is 2. The molecule has 0 aliphatic carbocycles. The summed E-state index contributed by atoms with van der Waals surface area (Å²) in [5, 5.41) is 5.21. The van der Waals surface area contributed by atoms with Crippen molar-refractivity contribution in [3.8, 4) is 11.3 Å². The fourth-order valence-electron chi connectivity index (χ4n) is 1.59. The molecule has 0 unspecified atom stereocenters. The molecule has 3 nitrogen and oxygen atoms in total. The van der Waals surface area contributed by atoms with Crippen LogP contribution in [0.5, 0.6) is 0 Å². The second kappa shape index (κ2) is 4.08. The first kappa shape index (κ1) is 12.0. The number of hydrogen-bond acceptors (Lipinski definition) is 2. The van der Waals surface area contributed by atoms with Gasteiger partial charge in [-0.1, -0.05) is 23.7 Å². The quantitative estimate of drug-likeness (QED) is 0.840. The van der Waals surface area contributed by atoms with E-state index in [2.05, 4.69) is 25.9 Å². The van der Waals surface area contributed by atoms with Crippen LogP contribution in [0.4, 0.5) is 5.69 Å². The molecule has 0 fully saturated rings. The van der Waals surface area contributed by atoms with E-state index in [1.54, 1.807) is 0 Å². The molecule has 0 radical (unpaired) electrons. The van der Waals surface area contributed by atoms with Gasteiger partial charge in [-0.2, -0.15) is 5.10 Å². The van der Waals surface area contributed by atoms with E-state index in [1.165, 1.54) is 0 Å². The van der Waals surface area contributed by atoms with Crippen LogP contribution in [0, 0.1) is 0 Å². The molecule has 1 aromatic carbocycles. The first-order valence-corrected chi connectivity index (χ1v) is 5.87. The second-order valence-corrected chi connectivity index (χ2v) is 5.50. The molecule has 2 aromatic rings. The number of hydrogen-bond donors (Lipinski definition) is 1. The minimum atomic E-state index is -0.0784. The van der Waals surface area contributed by atoms with Gasteiger partial charge in [0.15, 0.2) is 0 Å². The monoisotopic (exact) mass is 249 g/mol. The number of rotatable bonds is 1. The highest BCUT2D eigenvalue weighted by Crippen LogP contribution is 2.28. The van der Waals surface area contributed by atoms with Crippen molar-refractivity contribution in [2.75, 3.05) is 5.73 Å². The largest absolute Gasteiger partial charge is 0.396 e. The van der Waals surface area contributed by atoms with Gasteiger partial charge in [0, 0.05) is 16.8 Å². The highest BCUT2D eigenvalue weighted by atomic mass is 35.5. The smallest absolute Gasteiger partial charge is 0.115 e. The lowest BCUT2D eigenvalue weighted by atomic mass is 10.1. The topological polar surface area (TPSA) is 43.8 Å². The van der Waals surface area contributed by atoms with Gasteiger partial charge in [0.25, 0.3) is 0 Å². The van der Waals surface area contributed by atoms with Gasteiger partial charge in [-0.15, -0.1) is 0 Å². The van der Waals surface area contributed by atoms with Crippen LogP contribution < -0.4 is 5.73 Å². The van der Waals surface area contributed by atoms with Gasteiger partial charge in [0.05, 0.1) is 11.2 Å². The molecule has 2 rings (SSSR count). The van der Waals surface area contributed by atoms with Crippen molar-refractivity contribution >= 4 is 17.3 Å². The van der Waals surface area contributed by atoms with Gasteiger partial charge in [0.2, 0.25) is 0 Å². The standard InChI is InChI=1S/C13H16ClN3/c1-13(2,3)17-8-11(15)12(16-17)9-5-4-6-10(14)7-9/h4-8H,15H2,1-3H3. The van der Waals surface area contributed by atoms with Crippen LogP contribution in [-0.4, -0.2) is 9.78 Å². The molecule has 0 bridgehead atoms. The normalized spacial score (nSPS) is 11.8. The zero-order valence-corrected chi connectivity index (χ0v) is 11.0. The molecular formula is C13H16ClN3. The molecule has 0 atom stereocenters. The summed E-state index contributed by atoms with van der Waals surface area (Å²) in [6, 6.07) is 7.56. The highest BCUT2D eigenvalue weighted by Gasteiger charge is 2.17. The molecular weight excluding hydrogens is 234 g/mol. The number of nitrogen functional groups attached to an aromatic ring is 1. The van der Waals surface area contributed by atoms with Crippen LogP contribution in [0.15, 0.2) is 30.5 Å². The number of anilines is 1. The van der Waals surface area contributed by atoms with E-state index in [-0.39, 0.29) is 5.54 Å². The van der Waals surface area contributed by atoms with Crippen molar-refractivity contribution < 1.29 is 0 Å². The summed E-state index contributed by atoms with van der Waals surface area (Å²) in [6.45, 7) is 6.25. The highest BCUT2D eigenvalue weighted by molar-refractivity contribution is 6.30. The molecule has 0 saturated carbocycles. The first-order valence-electron chi connectivity index (χ1n) is 5.49. The van der Waals surface area contributed by atoms with E-state index >= 15 is 0 Å². The van der Waals surface area contributed by atoms with Crippen molar-refractivity contribution in [1.29, 1.82) is 0 Å². The van der Waals surface area contributed by atoms with E-state index in [0.29, 0.717) is 10.7 Å². The lowest BCUT2D eigenvalue weighted by Gasteiger charge is -2.18. The van der Waals surface area contributed by atoms with Crippen LogP contribution in [0.2, 0.25) is 5.02 Å². The molecule has 0 aliphatic heterocycles. The molecule has 17 heavy (non-hydrogen) atoms. The molecule has 0 saturated heterocycles. The van der Waals surface area contributed by atoms with E-state index in [1.807, 2.05) is 35.1 Å². The molecule has 4 heteroatoms. The minimum absolute atomic E-state index is 0.0784. The average molecular weight is 250 g/mol. The molecule has 2 N–H and O–H groups in total. The maximum absolute atomic E-state index is 5.99.